The zero-order valence-electron chi connectivity index (χ0n) is 17.9. The number of carbonyl (C=O) groups excluding carboxylic acids is 1. The van der Waals surface area contributed by atoms with E-state index in [1.807, 2.05) is 0 Å². The third-order valence-electron chi connectivity index (χ3n) is 5.76. The van der Waals surface area contributed by atoms with Gasteiger partial charge in [-0.15, -0.1) is 0 Å². The average molecular weight is 445 g/mol. The van der Waals surface area contributed by atoms with Gasteiger partial charge in [0.15, 0.2) is 0 Å². The van der Waals surface area contributed by atoms with Gasteiger partial charge in [-0.1, -0.05) is 11.6 Å². The van der Waals surface area contributed by atoms with Crippen molar-refractivity contribution in [3.63, 3.8) is 0 Å². The van der Waals surface area contributed by atoms with Crippen molar-refractivity contribution in [2.24, 2.45) is 5.92 Å². The molecule has 4 heterocycles. The van der Waals surface area contributed by atoms with E-state index in [0.717, 1.165) is 45.4 Å². The monoisotopic (exact) mass is 444 g/mol. The van der Waals surface area contributed by atoms with Gasteiger partial charge in [0.05, 0.1) is 34.8 Å². The number of hydrogen-bond donors (Lipinski definition) is 3. The topological polar surface area (TPSA) is 101 Å². The molecule has 31 heavy (non-hydrogen) atoms. The molecule has 0 spiro atoms. The first-order valence-electron chi connectivity index (χ1n) is 10.8. The van der Waals surface area contributed by atoms with Gasteiger partial charge < -0.3 is 20.7 Å². The molecular weight excluding hydrogens is 416 g/mol. The van der Waals surface area contributed by atoms with Crippen LogP contribution >= 0.6 is 11.6 Å². The number of rotatable bonds is 6. The molecule has 0 unspecified atom stereocenters. The Kier molecular flexibility index (Phi) is 6.69. The van der Waals surface area contributed by atoms with Gasteiger partial charge in [-0.2, -0.15) is 0 Å². The maximum Gasteiger partial charge on any atom is 0.242 e. The maximum atomic E-state index is 12.4. The van der Waals surface area contributed by atoms with Crippen LogP contribution in [0, 0.1) is 5.92 Å². The van der Waals surface area contributed by atoms with Crippen LogP contribution in [-0.4, -0.2) is 52.2 Å². The van der Waals surface area contributed by atoms with Crippen LogP contribution in [-0.2, 0) is 9.53 Å². The highest BCUT2D eigenvalue weighted by Crippen LogP contribution is 2.30. The molecule has 2 fully saturated rings. The number of nitrogens with one attached hydrogen (secondary N) is 3. The van der Waals surface area contributed by atoms with Gasteiger partial charge in [0.25, 0.3) is 0 Å². The van der Waals surface area contributed by atoms with E-state index in [1.165, 1.54) is 6.20 Å². The number of halogens is 1. The molecule has 2 saturated heterocycles. The summed E-state index contributed by atoms with van der Waals surface area (Å²) in [6.45, 7) is 6.71. The van der Waals surface area contributed by atoms with Crippen LogP contribution in [0.25, 0.3) is 11.3 Å². The number of anilines is 2. The minimum absolute atomic E-state index is 0.0841. The van der Waals surface area contributed by atoms with E-state index in [9.17, 15) is 4.79 Å². The van der Waals surface area contributed by atoms with E-state index in [4.69, 9.17) is 16.3 Å². The molecule has 8 nitrogen and oxygen atoms in total. The van der Waals surface area contributed by atoms with Crippen molar-refractivity contribution in [2.45, 2.75) is 51.2 Å². The Morgan fingerprint density at radius 2 is 2.16 bits per heavy atom. The van der Waals surface area contributed by atoms with Gasteiger partial charge in [0.1, 0.15) is 11.6 Å². The lowest BCUT2D eigenvalue weighted by Gasteiger charge is -2.35. The van der Waals surface area contributed by atoms with Crippen molar-refractivity contribution in [3.05, 3.63) is 29.7 Å². The molecule has 2 aromatic heterocycles. The molecule has 166 valence electrons. The van der Waals surface area contributed by atoms with E-state index in [2.05, 4.69) is 44.7 Å². The molecule has 0 saturated carbocycles. The molecule has 2 aliphatic rings. The Morgan fingerprint density at radius 1 is 1.29 bits per heavy atom. The Morgan fingerprint density at radius 3 is 2.94 bits per heavy atom. The van der Waals surface area contributed by atoms with Crippen molar-refractivity contribution in [3.8, 4) is 11.3 Å². The molecule has 9 heteroatoms. The molecule has 0 bridgehead atoms. The predicted octanol–water partition coefficient (Wildman–Crippen LogP) is 3.50. The maximum absolute atomic E-state index is 12.4. The highest BCUT2D eigenvalue weighted by molar-refractivity contribution is 6.33. The van der Waals surface area contributed by atoms with E-state index < -0.39 is 0 Å². The number of hydrogen-bond acceptors (Lipinski definition) is 7. The normalized spacial score (nSPS) is 22.8. The summed E-state index contributed by atoms with van der Waals surface area (Å²) < 4.78 is 5.80. The van der Waals surface area contributed by atoms with Gasteiger partial charge in [-0.05, 0) is 58.1 Å². The summed E-state index contributed by atoms with van der Waals surface area (Å²) in [6.07, 6.45) is 8.75. The Bertz CT molecular complexity index is 932. The smallest absolute Gasteiger partial charge is 0.242 e. The summed E-state index contributed by atoms with van der Waals surface area (Å²) in [7, 11) is 0. The SMILES string of the molecule is CC1(C)C[C@@H](CNc2cncc(-c3cc(NC(=O)[C@@H]4CCCN4)ncc3Cl)n2)CCO1. The largest absolute Gasteiger partial charge is 0.376 e. The molecular formula is C22H29ClN6O2. The van der Waals surface area contributed by atoms with Crippen LogP contribution < -0.4 is 16.0 Å². The van der Waals surface area contributed by atoms with Crippen LogP contribution in [0.4, 0.5) is 11.6 Å². The summed E-state index contributed by atoms with van der Waals surface area (Å²) >= 11 is 6.39. The molecule has 1 amide bonds. The highest BCUT2D eigenvalue weighted by Gasteiger charge is 2.28. The number of aromatic nitrogens is 3. The average Bonchev–Trinajstić information content (AvgIpc) is 3.28. The van der Waals surface area contributed by atoms with E-state index in [-0.39, 0.29) is 17.6 Å². The van der Waals surface area contributed by atoms with E-state index in [0.29, 0.717) is 33.8 Å². The van der Waals surface area contributed by atoms with Gasteiger partial charge in [-0.25, -0.2) is 9.97 Å². The first-order valence-corrected chi connectivity index (χ1v) is 11.2. The van der Waals surface area contributed by atoms with E-state index >= 15 is 0 Å². The predicted molar refractivity (Wildman–Crippen MR) is 121 cm³/mol. The number of nitrogens with zero attached hydrogens (tertiary/aromatic N) is 3. The summed E-state index contributed by atoms with van der Waals surface area (Å²) in [6, 6.07) is 1.56. The first kappa shape index (κ1) is 21.9. The standard InChI is InChI=1S/C22H29ClN6O2/c1-22(2)9-14(5-7-31-22)10-26-20-13-24-12-18(28-20)15-8-19(27-11-16(15)23)29-21(30)17-4-3-6-25-17/h8,11-14,17,25H,3-7,9-10H2,1-2H3,(H,26,28)(H,27,29,30)/t14-,17-/m0/s1. The summed E-state index contributed by atoms with van der Waals surface area (Å²) in [5.74, 6) is 1.57. The van der Waals surface area contributed by atoms with Crippen molar-refractivity contribution >= 4 is 29.1 Å². The molecule has 0 radical (unpaired) electrons. The van der Waals surface area contributed by atoms with Gasteiger partial charge in [-0.3, -0.25) is 9.78 Å². The fraction of sp³-hybridized carbons (Fsp3) is 0.545. The van der Waals surface area contributed by atoms with Gasteiger partial charge in [0, 0.05) is 24.9 Å². The fourth-order valence-corrected chi connectivity index (χ4v) is 4.39. The van der Waals surface area contributed by atoms with Crippen LogP contribution in [0.1, 0.15) is 39.5 Å². The number of amides is 1. The molecule has 0 aromatic carbocycles. The highest BCUT2D eigenvalue weighted by atomic mass is 35.5. The lowest BCUT2D eigenvalue weighted by Crippen LogP contribution is -2.36. The Balaban J connectivity index is 1.44. The van der Waals surface area contributed by atoms with Crippen molar-refractivity contribution < 1.29 is 9.53 Å². The lowest BCUT2D eigenvalue weighted by atomic mass is 9.88. The summed E-state index contributed by atoms with van der Waals surface area (Å²) in [4.78, 5) is 25.6. The zero-order chi connectivity index (χ0) is 21.8. The van der Waals surface area contributed by atoms with Crippen LogP contribution in [0.2, 0.25) is 5.02 Å². The third-order valence-corrected chi connectivity index (χ3v) is 6.07. The second kappa shape index (κ2) is 9.46. The number of carbonyl (C=O) groups is 1. The Hall–Kier alpha value is -2.29. The van der Waals surface area contributed by atoms with Crippen molar-refractivity contribution in [2.75, 3.05) is 30.3 Å². The minimum Gasteiger partial charge on any atom is -0.376 e. The summed E-state index contributed by atoms with van der Waals surface area (Å²) in [5.41, 5.74) is 1.21. The second-order valence-corrected chi connectivity index (χ2v) is 9.23. The Labute approximate surface area is 187 Å². The van der Waals surface area contributed by atoms with E-state index in [1.54, 1.807) is 18.5 Å². The molecule has 2 aliphatic heterocycles. The second-order valence-electron chi connectivity index (χ2n) is 8.83. The number of ether oxygens (including phenoxy) is 1. The van der Waals surface area contributed by atoms with Crippen LogP contribution in [0.15, 0.2) is 24.7 Å². The van der Waals surface area contributed by atoms with Crippen molar-refractivity contribution in [1.82, 2.24) is 20.3 Å². The van der Waals surface area contributed by atoms with Crippen molar-refractivity contribution in [1.29, 1.82) is 0 Å². The molecule has 2 atom stereocenters. The summed E-state index contributed by atoms with van der Waals surface area (Å²) in [5, 5.41) is 9.90. The molecule has 4 rings (SSSR count). The molecule has 3 N–H and O–H groups in total. The quantitative estimate of drug-likeness (QED) is 0.626. The first-order chi connectivity index (χ1) is 14.9. The molecule has 2 aromatic rings. The zero-order valence-corrected chi connectivity index (χ0v) is 18.7. The molecule has 0 aliphatic carbocycles. The fourth-order valence-electron chi connectivity index (χ4n) is 4.19. The van der Waals surface area contributed by atoms with Crippen LogP contribution in [0.3, 0.4) is 0 Å². The minimum atomic E-state index is -0.177. The van der Waals surface area contributed by atoms with Gasteiger partial charge in [0.2, 0.25) is 5.91 Å². The van der Waals surface area contributed by atoms with Gasteiger partial charge >= 0.3 is 0 Å². The lowest BCUT2D eigenvalue weighted by molar-refractivity contribution is -0.117. The number of pyridine rings is 1. The third kappa shape index (κ3) is 5.70. The van der Waals surface area contributed by atoms with Crippen LogP contribution in [0.5, 0.6) is 0 Å².